The van der Waals surface area contributed by atoms with E-state index in [2.05, 4.69) is 41.9 Å². The molecule has 1 aliphatic rings. The maximum atomic E-state index is 13.6. The van der Waals surface area contributed by atoms with E-state index in [1.54, 1.807) is 75.9 Å². The van der Waals surface area contributed by atoms with Crippen LogP contribution in [0.3, 0.4) is 0 Å². The van der Waals surface area contributed by atoms with E-state index in [9.17, 15) is 9.18 Å². The van der Waals surface area contributed by atoms with E-state index in [4.69, 9.17) is 4.74 Å². The van der Waals surface area contributed by atoms with E-state index in [0.717, 1.165) is 15.8 Å². The fourth-order valence-electron chi connectivity index (χ4n) is 4.25. The number of fused-ring (bicyclic) bond motifs is 2. The fourth-order valence-corrected chi connectivity index (χ4v) is 4.25. The van der Waals surface area contributed by atoms with Crippen LogP contribution in [0.25, 0.3) is 22.6 Å². The minimum atomic E-state index is -0.648. The number of hydrogen-bond donors (Lipinski definition) is 0. The van der Waals surface area contributed by atoms with Crippen LogP contribution in [-0.4, -0.2) is 46.4 Å². The third kappa shape index (κ3) is 5.19. The summed E-state index contributed by atoms with van der Waals surface area (Å²) in [5.74, 6) is 6.75. The lowest BCUT2D eigenvalue weighted by molar-refractivity contribution is 0.0521. The topological polar surface area (TPSA) is 112 Å². The molecule has 0 radical (unpaired) electrons. The fraction of sp³-hybridized carbons (Fsp3) is 0.207. The highest BCUT2D eigenvalue weighted by molar-refractivity contribution is 5.85. The van der Waals surface area contributed by atoms with Crippen LogP contribution in [0.2, 0.25) is 0 Å². The summed E-state index contributed by atoms with van der Waals surface area (Å²) >= 11 is 0. The van der Waals surface area contributed by atoms with Crippen LogP contribution in [0.4, 0.5) is 15.1 Å². The highest BCUT2D eigenvalue weighted by Gasteiger charge is 2.23. The van der Waals surface area contributed by atoms with Gasteiger partial charge in [0.05, 0.1) is 6.20 Å². The molecule has 0 fully saturated rings. The molecule has 0 aliphatic carbocycles. The molecule has 198 valence electrons. The number of pyridine rings is 1. The molecule has 11 heteroatoms. The molecule has 0 saturated carbocycles. The molecule has 10 nitrogen and oxygen atoms in total. The molecule has 0 saturated heterocycles. The van der Waals surface area contributed by atoms with Crippen molar-refractivity contribution in [3.63, 3.8) is 0 Å². The van der Waals surface area contributed by atoms with E-state index in [-0.39, 0.29) is 5.82 Å². The normalized spacial score (nSPS) is 12.7. The SMILES string of the molecule is CC(C)(C)OC(=O)n1ncc2cc(C#Cc3ccnc(-c4ccnc(N5Cc6ccc(F)cc6C5)n4)n3)cnc21. The second-order valence-electron chi connectivity index (χ2n) is 10.2. The van der Waals surface area contributed by atoms with Crippen molar-refractivity contribution in [3.05, 3.63) is 89.4 Å². The summed E-state index contributed by atoms with van der Waals surface area (Å²) in [6, 6.07) is 10.0. The van der Waals surface area contributed by atoms with Gasteiger partial charge in [-0.05, 0) is 68.2 Å². The van der Waals surface area contributed by atoms with Crippen molar-refractivity contribution in [1.29, 1.82) is 0 Å². The molecule has 1 aromatic carbocycles. The number of rotatable bonds is 2. The van der Waals surface area contributed by atoms with E-state index in [1.165, 1.54) is 6.07 Å². The number of aromatic nitrogens is 7. The Morgan fingerprint density at radius 2 is 1.77 bits per heavy atom. The van der Waals surface area contributed by atoms with E-state index < -0.39 is 11.7 Å². The van der Waals surface area contributed by atoms with Crippen LogP contribution in [-0.2, 0) is 17.8 Å². The number of hydrogen-bond acceptors (Lipinski definition) is 9. The molecule has 1 aliphatic heterocycles. The van der Waals surface area contributed by atoms with Crippen molar-refractivity contribution in [3.8, 4) is 23.4 Å². The smallest absolute Gasteiger partial charge is 0.437 e. The Morgan fingerprint density at radius 1 is 0.950 bits per heavy atom. The molecular formula is C29H23FN8O2. The first-order valence-corrected chi connectivity index (χ1v) is 12.5. The largest absolute Gasteiger partial charge is 0.442 e. The van der Waals surface area contributed by atoms with Crippen LogP contribution >= 0.6 is 0 Å². The van der Waals surface area contributed by atoms with Crippen molar-refractivity contribution in [2.75, 3.05) is 4.90 Å². The van der Waals surface area contributed by atoms with Crippen LogP contribution in [0.15, 0.2) is 61.2 Å². The molecule has 0 atom stereocenters. The Hall–Kier alpha value is -5.24. The van der Waals surface area contributed by atoms with Gasteiger partial charge < -0.3 is 9.64 Å². The summed E-state index contributed by atoms with van der Waals surface area (Å²) in [6.07, 6.45) is 5.79. The lowest BCUT2D eigenvalue weighted by Gasteiger charge is -2.18. The first-order chi connectivity index (χ1) is 19.2. The molecule has 40 heavy (non-hydrogen) atoms. The first kappa shape index (κ1) is 25.1. The van der Waals surface area contributed by atoms with Crippen molar-refractivity contribution in [1.82, 2.24) is 34.7 Å². The minimum absolute atomic E-state index is 0.256. The van der Waals surface area contributed by atoms with Gasteiger partial charge in [-0.2, -0.15) is 5.10 Å². The number of ether oxygens (including phenoxy) is 1. The van der Waals surface area contributed by atoms with Gasteiger partial charge in [0.2, 0.25) is 5.95 Å². The molecule has 0 bridgehead atoms. The summed E-state index contributed by atoms with van der Waals surface area (Å²) in [5, 5.41) is 4.77. The Balaban J connectivity index is 1.21. The van der Waals surface area contributed by atoms with Crippen LogP contribution in [0.5, 0.6) is 0 Å². The van der Waals surface area contributed by atoms with Gasteiger partial charge in [-0.3, -0.25) is 0 Å². The predicted octanol–water partition coefficient (Wildman–Crippen LogP) is 4.52. The lowest BCUT2D eigenvalue weighted by atomic mass is 10.1. The number of carbonyl (C=O) groups excluding carboxylic acids is 1. The van der Waals surface area contributed by atoms with Gasteiger partial charge >= 0.3 is 6.09 Å². The highest BCUT2D eigenvalue weighted by Crippen LogP contribution is 2.27. The second-order valence-corrected chi connectivity index (χ2v) is 10.2. The molecule has 4 aromatic heterocycles. The van der Waals surface area contributed by atoms with E-state index >= 15 is 0 Å². The Morgan fingerprint density at radius 3 is 2.62 bits per heavy atom. The van der Waals surface area contributed by atoms with Crippen molar-refractivity contribution < 1.29 is 13.9 Å². The van der Waals surface area contributed by atoms with Gasteiger partial charge in [-0.25, -0.2) is 34.1 Å². The predicted molar refractivity (Wildman–Crippen MR) is 144 cm³/mol. The van der Waals surface area contributed by atoms with E-state index in [0.29, 0.717) is 52.8 Å². The van der Waals surface area contributed by atoms with Crippen LogP contribution < -0.4 is 4.90 Å². The molecule has 5 heterocycles. The Kier molecular flexibility index (Phi) is 6.15. The highest BCUT2D eigenvalue weighted by atomic mass is 19.1. The zero-order valence-corrected chi connectivity index (χ0v) is 22.0. The summed E-state index contributed by atoms with van der Waals surface area (Å²) in [7, 11) is 0. The molecule has 0 spiro atoms. The van der Waals surface area contributed by atoms with Gasteiger partial charge in [0, 0.05) is 42.6 Å². The number of nitrogens with zero attached hydrogens (tertiary/aromatic N) is 8. The molecule has 5 aromatic rings. The first-order valence-electron chi connectivity index (χ1n) is 12.5. The summed E-state index contributed by atoms with van der Waals surface area (Å²) in [5.41, 5.74) is 3.39. The quantitative estimate of drug-likeness (QED) is 0.302. The van der Waals surface area contributed by atoms with Gasteiger partial charge in [0.15, 0.2) is 11.5 Å². The zero-order chi connectivity index (χ0) is 27.9. The van der Waals surface area contributed by atoms with Gasteiger partial charge in [-0.15, -0.1) is 4.68 Å². The monoisotopic (exact) mass is 534 g/mol. The minimum Gasteiger partial charge on any atom is -0.442 e. The van der Waals surface area contributed by atoms with Crippen molar-refractivity contribution >= 4 is 23.1 Å². The van der Waals surface area contributed by atoms with Gasteiger partial charge in [-0.1, -0.05) is 12.0 Å². The third-order valence-electron chi connectivity index (χ3n) is 6.01. The number of carbonyl (C=O) groups is 1. The lowest BCUT2D eigenvalue weighted by Crippen LogP contribution is -2.27. The van der Waals surface area contributed by atoms with E-state index in [1.807, 2.05) is 4.90 Å². The maximum Gasteiger partial charge on any atom is 0.437 e. The second kappa shape index (κ2) is 9.81. The average molecular weight is 535 g/mol. The van der Waals surface area contributed by atoms with Gasteiger partial charge in [0.1, 0.15) is 22.8 Å². The van der Waals surface area contributed by atoms with Crippen LogP contribution in [0, 0.1) is 17.7 Å². The van der Waals surface area contributed by atoms with Crippen molar-refractivity contribution in [2.24, 2.45) is 0 Å². The number of halogens is 1. The molecule has 0 N–H and O–H groups in total. The Labute approximate surface area is 228 Å². The van der Waals surface area contributed by atoms with Crippen LogP contribution in [0.1, 0.15) is 43.2 Å². The molecule has 0 unspecified atom stereocenters. The summed E-state index contributed by atoms with van der Waals surface area (Å²) < 4.78 is 20.1. The number of anilines is 1. The summed E-state index contributed by atoms with van der Waals surface area (Å²) in [6.45, 7) is 6.49. The molecule has 6 rings (SSSR count). The van der Waals surface area contributed by atoms with Crippen molar-refractivity contribution in [2.45, 2.75) is 39.5 Å². The maximum absolute atomic E-state index is 13.6. The zero-order valence-electron chi connectivity index (χ0n) is 22.0. The average Bonchev–Trinajstić information content (AvgIpc) is 3.55. The third-order valence-corrected chi connectivity index (χ3v) is 6.01. The number of benzene rings is 1. The standard InChI is InChI=1S/C29H23FN8O2/c1-29(2,3)40-28(39)38-26-20(15-34-38)12-18(14-33-26)4-7-23-8-10-31-25(35-23)24-9-11-32-27(36-24)37-16-19-5-6-22(30)13-21(19)17-37/h5-6,8-15H,16-17H2,1-3H3. The van der Waals surface area contributed by atoms with Gasteiger partial charge in [0.25, 0.3) is 0 Å². The molecule has 0 amide bonds. The summed E-state index contributed by atoms with van der Waals surface area (Å²) in [4.78, 5) is 36.7. The Bertz CT molecular complexity index is 1830. The molecular weight excluding hydrogens is 511 g/mol.